The fourth-order valence-corrected chi connectivity index (χ4v) is 1.30. The molecule has 0 amide bonds. The summed E-state index contributed by atoms with van der Waals surface area (Å²) in [4.78, 5) is 11.6. The molecule has 0 saturated carbocycles. The summed E-state index contributed by atoms with van der Waals surface area (Å²) in [7, 11) is 2.61. The number of carbonyl (C=O) groups is 1. The summed E-state index contributed by atoms with van der Waals surface area (Å²) >= 11 is 0. The summed E-state index contributed by atoms with van der Waals surface area (Å²) in [5, 5.41) is 0. The maximum absolute atomic E-state index is 12.6. The van der Waals surface area contributed by atoms with E-state index in [4.69, 9.17) is 4.74 Å². The van der Waals surface area contributed by atoms with Crippen LogP contribution in [0, 0.1) is 0 Å². The average Bonchev–Trinajstić information content (AvgIpc) is 2.41. The van der Waals surface area contributed by atoms with Crippen LogP contribution in [0.1, 0.15) is 15.9 Å². The average molecular weight is 294 g/mol. The van der Waals surface area contributed by atoms with Crippen molar-refractivity contribution in [1.29, 1.82) is 0 Å². The number of alkyl halides is 3. The van der Waals surface area contributed by atoms with Crippen molar-refractivity contribution in [3.63, 3.8) is 0 Å². The van der Waals surface area contributed by atoms with Crippen LogP contribution in [0.3, 0.4) is 0 Å². The maximum Gasteiger partial charge on any atom is 0.416 e. The van der Waals surface area contributed by atoms with E-state index in [-0.39, 0.29) is 24.9 Å². The lowest BCUT2D eigenvalue weighted by atomic mass is 10.1. The van der Waals surface area contributed by atoms with Gasteiger partial charge in [0.2, 0.25) is 0 Å². The van der Waals surface area contributed by atoms with Gasteiger partial charge in [0.25, 0.3) is 0 Å². The molecule has 0 unspecified atom stereocenters. The Labute approximate surface area is 113 Å². The van der Waals surface area contributed by atoms with Crippen LogP contribution < -0.4 is 4.74 Å². The van der Waals surface area contributed by atoms with E-state index in [0.717, 1.165) is 12.1 Å². The van der Waals surface area contributed by atoms with Gasteiger partial charge in [0.15, 0.2) is 13.6 Å². The number of esters is 1. The number of halogens is 3. The molecule has 5 nitrogen and oxygen atoms in total. The van der Waals surface area contributed by atoms with Crippen molar-refractivity contribution in [1.82, 2.24) is 0 Å². The Morgan fingerprint density at radius 1 is 1.15 bits per heavy atom. The Balaban J connectivity index is 3.06. The number of carbonyl (C=O) groups excluding carboxylic acids is 1. The molecule has 0 heterocycles. The van der Waals surface area contributed by atoms with Crippen LogP contribution in [-0.4, -0.2) is 33.8 Å². The molecule has 0 aliphatic carbocycles. The van der Waals surface area contributed by atoms with Crippen molar-refractivity contribution in [3.05, 3.63) is 29.3 Å². The van der Waals surface area contributed by atoms with E-state index in [9.17, 15) is 18.0 Å². The van der Waals surface area contributed by atoms with Crippen molar-refractivity contribution in [3.8, 4) is 5.75 Å². The molecule has 0 radical (unpaired) electrons. The fraction of sp³-hybridized carbons (Fsp3) is 0.417. The zero-order valence-corrected chi connectivity index (χ0v) is 10.8. The summed E-state index contributed by atoms with van der Waals surface area (Å²) in [6.45, 7) is -0.616. The molecule has 0 aromatic heterocycles. The van der Waals surface area contributed by atoms with Crippen molar-refractivity contribution in [2.75, 3.05) is 27.8 Å². The molecule has 112 valence electrons. The van der Waals surface area contributed by atoms with Gasteiger partial charge < -0.3 is 18.9 Å². The Hall–Kier alpha value is -1.80. The SMILES string of the molecule is COCOC(=O)c1ccc(C(F)(F)F)cc1OCOC. The summed E-state index contributed by atoms with van der Waals surface area (Å²) < 4.78 is 56.6. The van der Waals surface area contributed by atoms with Gasteiger partial charge in [-0.25, -0.2) is 4.79 Å². The lowest BCUT2D eigenvalue weighted by molar-refractivity contribution is -0.137. The van der Waals surface area contributed by atoms with Crippen molar-refractivity contribution in [2.24, 2.45) is 0 Å². The van der Waals surface area contributed by atoms with E-state index in [0.29, 0.717) is 6.07 Å². The van der Waals surface area contributed by atoms with E-state index in [1.54, 1.807) is 0 Å². The zero-order valence-electron chi connectivity index (χ0n) is 10.8. The molecule has 0 fully saturated rings. The predicted molar refractivity (Wildman–Crippen MR) is 61.2 cm³/mol. The lowest BCUT2D eigenvalue weighted by Crippen LogP contribution is -2.13. The lowest BCUT2D eigenvalue weighted by Gasteiger charge is -2.13. The molecule has 1 aromatic carbocycles. The molecule has 0 aliphatic rings. The number of ether oxygens (including phenoxy) is 4. The molecular weight excluding hydrogens is 281 g/mol. The quantitative estimate of drug-likeness (QED) is 0.596. The standard InChI is InChI=1S/C12H13F3O5/c1-17-6-19-10-5-8(12(13,14)15)3-4-9(10)11(16)20-7-18-2/h3-5H,6-7H2,1-2H3. The Bertz CT molecular complexity index is 459. The summed E-state index contributed by atoms with van der Waals surface area (Å²) in [5.41, 5.74) is -1.08. The van der Waals surface area contributed by atoms with Crippen molar-refractivity contribution in [2.45, 2.75) is 6.18 Å². The third-order valence-corrected chi connectivity index (χ3v) is 2.17. The van der Waals surface area contributed by atoms with Gasteiger partial charge in [0, 0.05) is 14.2 Å². The topological polar surface area (TPSA) is 54.0 Å². The number of rotatable bonds is 6. The highest BCUT2D eigenvalue weighted by Crippen LogP contribution is 2.33. The monoisotopic (exact) mass is 294 g/mol. The molecular formula is C12H13F3O5. The second kappa shape index (κ2) is 7.11. The highest BCUT2D eigenvalue weighted by molar-refractivity contribution is 5.92. The molecule has 0 aliphatic heterocycles. The minimum Gasteiger partial charge on any atom is -0.467 e. The smallest absolute Gasteiger partial charge is 0.416 e. The first-order valence-electron chi connectivity index (χ1n) is 5.39. The normalized spacial score (nSPS) is 11.2. The second-order valence-electron chi connectivity index (χ2n) is 3.60. The van der Waals surface area contributed by atoms with Crippen LogP contribution in [-0.2, 0) is 20.4 Å². The summed E-state index contributed by atoms with van der Waals surface area (Å²) in [6.07, 6.45) is -4.54. The Morgan fingerprint density at radius 2 is 1.80 bits per heavy atom. The Morgan fingerprint density at radius 3 is 2.35 bits per heavy atom. The first-order valence-corrected chi connectivity index (χ1v) is 5.39. The van der Waals surface area contributed by atoms with E-state index in [2.05, 4.69) is 14.2 Å². The van der Waals surface area contributed by atoms with Gasteiger partial charge in [-0.3, -0.25) is 0 Å². The van der Waals surface area contributed by atoms with Crippen LogP contribution in [0.15, 0.2) is 18.2 Å². The summed E-state index contributed by atoms with van der Waals surface area (Å²) in [5.74, 6) is -1.13. The van der Waals surface area contributed by atoms with Crippen LogP contribution in [0.5, 0.6) is 5.75 Å². The first kappa shape index (κ1) is 16.3. The predicted octanol–water partition coefficient (Wildman–Crippen LogP) is 2.45. The molecule has 0 spiro atoms. The molecule has 8 heteroatoms. The molecule has 0 atom stereocenters. The minimum absolute atomic E-state index is 0.146. The molecule has 1 rings (SSSR count). The molecule has 0 bridgehead atoms. The van der Waals surface area contributed by atoms with Gasteiger partial charge >= 0.3 is 12.1 Å². The van der Waals surface area contributed by atoms with E-state index < -0.39 is 17.7 Å². The number of methoxy groups -OCH3 is 2. The largest absolute Gasteiger partial charge is 0.467 e. The second-order valence-corrected chi connectivity index (χ2v) is 3.60. The van der Waals surface area contributed by atoms with Gasteiger partial charge in [-0.2, -0.15) is 13.2 Å². The maximum atomic E-state index is 12.6. The van der Waals surface area contributed by atoms with Crippen LogP contribution in [0.4, 0.5) is 13.2 Å². The molecule has 20 heavy (non-hydrogen) atoms. The molecule has 0 N–H and O–H groups in total. The van der Waals surface area contributed by atoms with Crippen LogP contribution >= 0.6 is 0 Å². The van der Waals surface area contributed by atoms with Gasteiger partial charge in [-0.05, 0) is 18.2 Å². The van der Waals surface area contributed by atoms with E-state index in [1.807, 2.05) is 0 Å². The third-order valence-electron chi connectivity index (χ3n) is 2.17. The van der Waals surface area contributed by atoms with Crippen molar-refractivity contribution < 1.29 is 36.9 Å². The number of hydrogen-bond acceptors (Lipinski definition) is 5. The Kier molecular flexibility index (Phi) is 5.78. The fourth-order valence-electron chi connectivity index (χ4n) is 1.30. The van der Waals surface area contributed by atoms with Gasteiger partial charge in [0.05, 0.1) is 5.56 Å². The highest BCUT2D eigenvalue weighted by Gasteiger charge is 2.32. The zero-order chi connectivity index (χ0) is 15.2. The van der Waals surface area contributed by atoms with E-state index >= 15 is 0 Å². The highest BCUT2D eigenvalue weighted by atomic mass is 19.4. The van der Waals surface area contributed by atoms with Gasteiger partial charge in [0.1, 0.15) is 11.3 Å². The molecule has 0 saturated heterocycles. The van der Waals surface area contributed by atoms with E-state index in [1.165, 1.54) is 14.2 Å². The van der Waals surface area contributed by atoms with Crippen LogP contribution in [0.25, 0.3) is 0 Å². The van der Waals surface area contributed by atoms with Gasteiger partial charge in [-0.1, -0.05) is 0 Å². The van der Waals surface area contributed by atoms with Crippen LogP contribution in [0.2, 0.25) is 0 Å². The number of hydrogen-bond donors (Lipinski definition) is 0. The van der Waals surface area contributed by atoms with Gasteiger partial charge in [-0.15, -0.1) is 0 Å². The molecule has 1 aromatic rings. The number of benzene rings is 1. The van der Waals surface area contributed by atoms with Crippen molar-refractivity contribution >= 4 is 5.97 Å². The minimum atomic E-state index is -4.54. The summed E-state index contributed by atoms with van der Waals surface area (Å²) in [6, 6.07) is 2.46. The third kappa shape index (κ3) is 4.39. The first-order chi connectivity index (χ1) is 9.40.